The van der Waals surface area contributed by atoms with Crippen LogP contribution in [0.3, 0.4) is 0 Å². The Labute approximate surface area is 125 Å². The van der Waals surface area contributed by atoms with Crippen LogP contribution in [0, 0.1) is 0 Å². The van der Waals surface area contributed by atoms with Crippen LogP contribution in [0.1, 0.15) is 19.3 Å². The zero-order valence-electron chi connectivity index (χ0n) is 12.5. The van der Waals surface area contributed by atoms with E-state index in [4.69, 9.17) is 15.2 Å². The Bertz CT molecular complexity index is 425. The Morgan fingerprint density at radius 2 is 1.95 bits per heavy atom. The highest BCUT2D eigenvalue weighted by atomic mass is 16.5. The smallest absolute Gasteiger partial charge is 0.231 e. The number of methoxy groups -OCH3 is 1. The minimum absolute atomic E-state index is 0.255. The summed E-state index contributed by atoms with van der Waals surface area (Å²) in [5, 5.41) is 3.16. The Balaban J connectivity index is 1.75. The highest BCUT2D eigenvalue weighted by Gasteiger charge is 2.16. The van der Waals surface area contributed by atoms with E-state index in [2.05, 4.69) is 25.2 Å². The maximum atomic E-state index is 5.74. The minimum atomic E-state index is 0.255. The van der Waals surface area contributed by atoms with Crippen LogP contribution in [-0.2, 0) is 9.47 Å². The number of nitrogens with one attached hydrogen (secondary N) is 1. The molecule has 2 heterocycles. The van der Waals surface area contributed by atoms with Crippen molar-refractivity contribution in [3.8, 4) is 0 Å². The maximum absolute atomic E-state index is 5.74. The third-order valence-electron chi connectivity index (χ3n) is 3.21. The molecular weight excluding hydrogens is 272 g/mol. The molecule has 0 unspecified atom stereocenters. The van der Waals surface area contributed by atoms with Gasteiger partial charge in [0.05, 0.1) is 13.2 Å². The van der Waals surface area contributed by atoms with Crippen molar-refractivity contribution in [3.63, 3.8) is 0 Å². The fourth-order valence-corrected chi connectivity index (χ4v) is 2.14. The van der Waals surface area contributed by atoms with E-state index in [0.717, 1.165) is 26.1 Å². The van der Waals surface area contributed by atoms with Crippen molar-refractivity contribution in [2.45, 2.75) is 19.3 Å². The molecule has 3 N–H and O–H groups in total. The highest BCUT2D eigenvalue weighted by molar-refractivity contribution is 5.42. The average molecular weight is 296 g/mol. The van der Waals surface area contributed by atoms with Crippen molar-refractivity contribution in [1.29, 1.82) is 0 Å². The Hall–Kier alpha value is -1.67. The van der Waals surface area contributed by atoms with Crippen LogP contribution in [0.2, 0.25) is 0 Å². The van der Waals surface area contributed by atoms with Crippen molar-refractivity contribution in [2.24, 2.45) is 0 Å². The normalized spacial score (nSPS) is 14.6. The van der Waals surface area contributed by atoms with Crippen LogP contribution in [0.15, 0.2) is 0 Å². The minimum Gasteiger partial charge on any atom is -0.382 e. The topological polar surface area (TPSA) is 98.4 Å². The van der Waals surface area contributed by atoms with Crippen molar-refractivity contribution in [1.82, 2.24) is 15.0 Å². The number of hydrogen-bond acceptors (Lipinski definition) is 8. The number of nitrogen functional groups attached to an aromatic ring is 1. The Kier molecular flexibility index (Phi) is 6.42. The number of rotatable bonds is 9. The molecule has 0 radical (unpaired) electrons. The first-order valence-corrected chi connectivity index (χ1v) is 7.36. The Morgan fingerprint density at radius 1 is 1.14 bits per heavy atom. The van der Waals surface area contributed by atoms with E-state index >= 15 is 0 Å². The van der Waals surface area contributed by atoms with Gasteiger partial charge in [0, 0.05) is 33.4 Å². The van der Waals surface area contributed by atoms with E-state index in [0.29, 0.717) is 31.7 Å². The van der Waals surface area contributed by atoms with Gasteiger partial charge >= 0.3 is 0 Å². The van der Waals surface area contributed by atoms with Crippen LogP contribution in [0.5, 0.6) is 0 Å². The molecule has 1 fully saturated rings. The summed E-state index contributed by atoms with van der Waals surface area (Å²) in [5.41, 5.74) is 5.74. The number of aromatic nitrogens is 3. The van der Waals surface area contributed by atoms with Crippen LogP contribution in [-0.4, -0.2) is 61.5 Å². The molecule has 8 nitrogen and oxygen atoms in total. The largest absolute Gasteiger partial charge is 0.382 e. The van der Waals surface area contributed by atoms with E-state index in [1.807, 2.05) is 0 Å². The number of ether oxygens (including phenoxy) is 2. The van der Waals surface area contributed by atoms with Gasteiger partial charge in [-0.15, -0.1) is 0 Å². The first-order chi connectivity index (χ1) is 10.3. The first kappa shape index (κ1) is 15.7. The molecule has 1 aliphatic heterocycles. The molecule has 8 heteroatoms. The zero-order valence-corrected chi connectivity index (χ0v) is 12.5. The zero-order chi connectivity index (χ0) is 14.9. The monoisotopic (exact) mass is 296 g/mol. The maximum Gasteiger partial charge on any atom is 0.231 e. The van der Waals surface area contributed by atoms with Gasteiger partial charge in [0.2, 0.25) is 17.8 Å². The second kappa shape index (κ2) is 8.58. The van der Waals surface area contributed by atoms with Crippen LogP contribution in [0.4, 0.5) is 17.8 Å². The summed E-state index contributed by atoms with van der Waals surface area (Å²) in [6.45, 7) is 4.61. The molecule has 0 aliphatic carbocycles. The van der Waals surface area contributed by atoms with Gasteiger partial charge in [0.1, 0.15) is 0 Å². The highest BCUT2D eigenvalue weighted by Crippen LogP contribution is 2.17. The lowest BCUT2D eigenvalue weighted by Crippen LogP contribution is -2.22. The predicted octanol–water partition coefficient (Wildman–Crippen LogP) is 0.519. The second-order valence-electron chi connectivity index (χ2n) is 4.90. The lowest BCUT2D eigenvalue weighted by molar-refractivity contribution is 0.0705. The third-order valence-corrected chi connectivity index (χ3v) is 3.21. The number of nitrogens with two attached hydrogens (primary N) is 1. The van der Waals surface area contributed by atoms with E-state index < -0.39 is 0 Å². The molecule has 1 aliphatic rings. The van der Waals surface area contributed by atoms with Gasteiger partial charge in [-0.2, -0.15) is 15.0 Å². The van der Waals surface area contributed by atoms with Gasteiger partial charge in [0.25, 0.3) is 0 Å². The molecule has 0 saturated carbocycles. The molecule has 0 amide bonds. The van der Waals surface area contributed by atoms with E-state index in [-0.39, 0.29) is 5.95 Å². The van der Waals surface area contributed by atoms with Gasteiger partial charge in [0.15, 0.2) is 0 Å². The van der Waals surface area contributed by atoms with Crippen molar-refractivity contribution in [3.05, 3.63) is 0 Å². The van der Waals surface area contributed by atoms with E-state index in [9.17, 15) is 0 Å². The molecule has 1 saturated heterocycles. The molecule has 21 heavy (non-hydrogen) atoms. The van der Waals surface area contributed by atoms with E-state index in [1.165, 1.54) is 12.8 Å². The number of anilines is 3. The molecule has 1 aromatic rings. The summed E-state index contributed by atoms with van der Waals surface area (Å²) >= 11 is 0. The average Bonchev–Trinajstić information content (AvgIpc) is 3.00. The molecule has 0 spiro atoms. The van der Waals surface area contributed by atoms with Crippen molar-refractivity contribution >= 4 is 17.8 Å². The lowest BCUT2D eigenvalue weighted by Gasteiger charge is -2.16. The first-order valence-electron chi connectivity index (χ1n) is 7.36. The number of hydrogen-bond donors (Lipinski definition) is 2. The van der Waals surface area contributed by atoms with Crippen molar-refractivity contribution < 1.29 is 9.47 Å². The van der Waals surface area contributed by atoms with Crippen LogP contribution >= 0.6 is 0 Å². The summed E-state index contributed by atoms with van der Waals surface area (Å²) in [6, 6.07) is 0. The summed E-state index contributed by atoms with van der Waals surface area (Å²) < 4.78 is 10.3. The van der Waals surface area contributed by atoms with Gasteiger partial charge in [-0.25, -0.2) is 0 Å². The Morgan fingerprint density at radius 3 is 2.71 bits per heavy atom. The number of nitrogens with zero attached hydrogens (tertiary/aromatic N) is 4. The molecule has 1 aromatic heterocycles. The molecule has 2 rings (SSSR count). The quantitative estimate of drug-likeness (QED) is 0.636. The molecule has 0 aromatic carbocycles. The summed E-state index contributed by atoms with van der Waals surface area (Å²) in [6.07, 6.45) is 3.22. The van der Waals surface area contributed by atoms with E-state index in [1.54, 1.807) is 7.11 Å². The second-order valence-corrected chi connectivity index (χ2v) is 4.90. The van der Waals surface area contributed by atoms with Crippen LogP contribution in [0.25, 0.3) is 0 Å². The lowest BCUT2D eigenvalue weighted by atomic mass is 10.4. The van der Waals surface area contributed by atoms with Crippen molar-refractivity contribution in [2.75, 3.05) is 62.5 Å². The fraction of sp³-hybridized carbons (Fsp3) is 0.769. The molecule has 118 valence electrons. The SMILES string of the molecule is COCCOCCCNc1nc(N)nc(N2CCCC2)n1. The molecular formula is C13H24N6O2. The fourth-order valence-electron chi connectivity index (χ4n) is 2.14. The summed E-state index contributed by atoms with van der Waals surface area (Å²) in [7, 11) is 1.66. The van der Waals surface area contributed by atoms with Crippen LogP contribution < -0.4 is 16.0 Å². The third kappa shape index (κ3) is 5.31. The molecule has 0 atom stereocenters. The molecule has 0 bridgehead atoms. The van der Waals surface area contributed by atoms with Gasteiger partial charge in [-0.05, 0) is 19.3 Å². The standard InChI is InChI=1S/C13H24N6O2/c1-20-9-10-21-8-4-5-15-12-16-11(14)17-13(18-12)19-6-2-3-7-19/h2-10H2,1H3,(H3,14,15,16,17,18). The summed E-state index contributed by atoms with van der Waals surface area (Å²) in [5.74, 6) is 1.45. The van der Waals surface area contributed by atoms with Gasteiger partial charge in [-0.1, -0.05) is 0 Å². The van der Waals surface area contributed by atoms with Gasteiger partial charge < -0.3 is 25.4 Å². The summed E-state index contributed by atoms with van der Waals surface area (Å²) in [4.78, 5) is 14.9. The van der Waals surface area contributed by atoms with Gasteiger partial charge in [-0.3, -0.25) is 0 Å². The predicted molar refractivity (Wildman–Crippen MR) is 81.5 cm³/mol.